The van der Waals surface area contributed by atoms with Crippen LogP contribution in [0, 0.1) is 0 Å². The first-order chi connectivity index (χ1) is 41.9. The van der Waals surface area contributed by atoms with E-state index >= 15 is 0 Å². The third-order valence-electron chi connectivity index (χ3n) is 16.3. The van der Waals surface area contributed by atoms with Gasteiger partial charge in [0.1, 0.15) is 159 Å². The molecule has 24 N–H and O–H groups in total. The molecule has 516 valence electrons. The highest BCUT2D eigenvalue weighted by Crippen LogP contribution is 2.42. The number of nitrogens with one attached hydrogen (secondary N) is 2. The average Bonchev–Trinajstić information content (AvgIpc) is 0.797. The summed E-state index contributed by atoms with van der Waals surface area (Å²) in [5.41, 5.74) is 0. The second kappa shape index (κ2) is 31.1. The Morgan fingerprint density at radius 3 is 1.47 bits per heavy atom. The van der Waals surface area contributed by atoms with E-state index in [1.807, 2.05) is 0 Å². The van der Waals surface area contributed by atoms with Gasteiger partial charge in [0.2, 0.25) is 11.8 Å². The van der Waals surface area contributed by atoms with Crippen molar-refractivity contribution < 1.29 is 188 Å². The fraction of sp³-hybridized carbons (Fsp3) is 0.939. The van der Waals surface area contributed by atoms with E-state index in [-0.39, 0.29) is 0 Å². The van der Waals surface area contributed by atoms with Crippen LogP contribution in [-0.4, -0.2) is 390 Å². The summed E-state index contributed by atoms with van der Waals surface area (Å²) in [6.45, 7) is -3.96. The van der Waals surface area contributed by atoms with E-state index in [0.717, 1.165) is 13.8 Å². The van der Waals surface area contributed by atoms with E-state index in [9.17, 15) is 127 Å². The summed E-state index contributed by atoms with van der Waals surface area (Å²) < 4.78 is 76.5. The molecule has 0 spiro atoms. The van der Waals surface area contributed by atoms with E-state index in [4.69, 9.17) is 61.6 Å². The number of aliphatic hydroxyl groups excluding tert-OH is 21. The molecular formula is C49H82N2O38. The number of ether oxygens (including phenoxy) is 13. The molecule has 7 aliphatic rings. The first-order valence-electron chi connectivity index (χ1n) is 28.1. The van der Waals surface area contributed by atoms with Gasteiger partial charge in [-0.15, -0.1) is 0 Å². The van der Waals surface area contributed by atoms with Crippen LogP contribution in [0.15, 0.2) is 0 Å². The number of carbonyl (C=O) groups excluding carboxylic acids is 2. The number of carboxylic acids is 1. The molecular weight excluding hydrogens is 1220 g/mol. The van der Waals surface area contributed by atoms with Crippen molar-refractivity contribution in [2.45, 2.75) is 248 Å². The molecule has 7 fully saturated rings. The van der Waals surface area contributed by atoms with Gasteiger partial charge >= 0.3 is 5.97 Å². The number of aliphatic carboxylic acids is 1. The summed E-state index contributed by atoms with van der Waals surface area (Å²) in [6.07, 6.45) is -71.7. The Labute approximate surface area is 503 Å². The lowest BCUT2D eigenvalue weighted by Gasteiger charge is -2.53. The zero-order chi connectivity index (χ0) is 66.0. The van der Waals surface area contributed by atoms with E-state index in [2.05, 4.69) is 10.6 Å². The minimum atomic E-state index is -3.44. The highest BCUT2D eigenvalue weighted by Gasteiger charge is 2.63. The lowest BCUT2D eigenvalue weighted by molar-refractivity contribution is -0.410. The molecule has 7 saturated heterocycles. The largest absolute Gasteiger partial charge is 0.477 e. The van der Waals surface area contributed by atoms with Gasteiger partial charge in [-0.3, -0.25) is 9.59 Å². The Bertz CT molecular complexity index is 2270. The van der Waals surface area contributed by atoms with Crippen molar-refractivity contribution in [3.8, 4) is 0 Å². The number of hydrogen-bond acceptors (Lipinski definition) is 37. The molecule has 40 heteroatoms. The zero-order valence-electron chi connectivity index (χ0n) is 47.5. The molecule has 7 aliphatic heterocycles. The van der Waals surface area contributed by atoms with Crippen LogP contribution >= 0.6 is 0 Å². The van der Waals surface area contributed by atoms with Gasteiger partial charge in [0, 0.05) is 20.3 Å². The van der Waals surface area contributed by atoms with Crippen LogP contribution in [0.5, 0.6) is 0 Å². The molecule has 0 aromatic rings. The normalized spacial score (nSPS) is 48.9. The molecule has 40 nitrogen and oxygen atoms in total. The van der Waals surface area contributed by atoms with E-state index in [1.165, 1.54) is 6.92 Å². The van der Waals surface area contributed by atoms with Crippen LogP contribution in [0.4, 0.5) is 0 Å². The second-order valence-corrected chi connectivity index (χ2v) is 22.4. The molecule has 0 aliphatic carbocycles. The molecule has 7 rings (SSSR count). The molecule has 89 heavy (non-hydrogen) atoms. The monoisotopic (exact) mass is 1310 g/mol. The fourth-order valence-corrected chi connectivity index (χ4v) is 11.4. The third kappa shape index (κ3) is 15.6. The minimum absolute atomic E-state index is 0.888. The summed E-state index contributed by atoms with van der Waals surface area (Å²) >= 11 is 0. The van der Waals surface area contributed by atoms with Crippen LogP contribution in [0.3, 0.4) is 0 Å². The highest BCUT2D eigenvalue weighted by atomic mass is 16.8. The minimum Gasteiger partial charge on any atom is -0.477 e. The summed E-state index contributed by atoms with van der Waals surface area (Å²) in [4.78, 5) is 39.4. The van der Waals surface area contributed by atoms with Gasteiger partial charge in [-0.2, -0.15) is 0 Å². The summed E-state index contributed by atoms with van der Waals surface area (Å²) in [6, 6.07) is -3.91. The molecule has 0 unspecified atom stereocenters. The zero-order valence-corrected chi connectivity index (χ0v) is 47.5. The molecule has 2 amide bonds. The summed E-state index contributed by atoms with van der Waals surface area (Å²) in [5, 5.41) is 244. The van der Waals surface area contributed by atoms with E-state index in [1.54, 1.807) is 0 Å². The topological polar surface area (TPSA) is 640 Å². The molecule has 0 aromatic carbocycles. The predicted molar refractivity (Wildman–Crippen MR) is 271 cm³/mol. The Hall–Kier alpha value is -2.95. The van der Waals surface area contributed by atoms with Gasteiger partial charge in [-0.1, -0.05) is 0 Å². The summed E-state index contributed by atoms with van der Waals surface area (Å²) in [5.74, 6) is -7.61. The van der Waals surface area contributed by atoms with Crippen molar-refractivity contribution >= 4 is 17.8 Å². The summed E-state index contributed by atoms with van der Waals surface area (Å²) in [7, 11) is 0. The molecule has 36 atom stereocenters. The van der Waals surface area contributed by atoms with Crippen LogP contribution in [0.2, 0.25) is 0 Å². The lowest BCUT2D eigenvalue weighted by Crippen LogP contribution is -2.72. The van der Waals surface area contributed by atoms with Crippen molar-refractivity contribution in [1.29, 1.82) is 0 Å². The van der Waals surface area contributed by atoms with Gasteiger partial charge in [-0.05, 0) is 6.92 Å². The van der Waals surface area contributed by atoms with Gasteiger partial charge in [0.15, 0.2) is 37.7 Å². The number of carboxylic acid groups (broad SMARTS) is 1. The fourth-order valence-electron chi connectivity index (χ4n) is 11.4. The van der Waals surface area contributed by atoms with E-state index < -0.39 is 284 Å². The van der Waals surface area contributed by atoms with Gasteiger partial charge in [0.25, 0.3) is 5.79 Å². The predicted octanol–water partition coefficient (Wildman–Crippen LogP) is -15.8. The first-order valence-corrected chi connectivity index (χ1v) is 28.1. The first kappa shape index (κ1) is 73.5. The van der Waals surface area contributed by atoms with E-state index in [0.29, 0.717) is 0 Å². The average molecular weight is 1310 g/mol. The maximum absolute atomic E-state index is 13.7. The van der Waals surface area contributed by atoms with Crippen molar-refractivity contribution in [2.24, 2.45) is 0 Å². The standard InChI is InChI=1S/C49H82N2O38/c1-11-23(62)28(67)32(71)44(77-11)87-41-39(86-45-33(72)29(68)25(64)16(6-53)80-45)27(66)18(8-55)81-47(41)85-37-22(51-13(3)59)43(79-17(7-54)26(37)65)84-36-20(10-57)82-46(83-35-19(9-56)78-42(74)31(70)30(35)69)34(73)40(36)89-49(48(75)76)4-14(60)21(50-12(2)58)38(88-49)24(63)15(61)5-52/h11,14-47,52-57,60-74H,4-10H2,1-3H3,(H,50,58)(H,51,59)(H,75,76)/t11-,14-,15+,16+,17+,18+,19+,20+,21+,22+,23+,24+,25-,26-,27-,28+,29-,30+,31+,32-,33+,34+,35+,36-,37+,38+,39-,40+,41+,42+,43-,44-,45+,46-,47-,49-/m0/s1. The van der Waals surface area contributed by atoms with Crippen molar-refractivity contribution in [3.05, 3.63) is 0 Å². The number of hydrogen-bond donors (Lipinski definition) is 24. The van der Waals surface area contributed by atoms with Crippen LogP contribution in [0.25, 0.3) is 0 Å². The lowest BCUT2D eigenvalue weighted by atomic mass is 9.88. The maximum atomic E-state index is 13.7. The van der Waals surface area contributed by atoms with Crippen molar-refractivity contribution in [1.82, 2.24) is 10.6 Å². The van der Waals surface area contributed by atoms with Crippen LogP contribution < -0.4 is 10.6 Å². The number of amides is 2. The number of rotatable bonds is 23. The smallest absolute Gasteiger partial charge is 0.364 e. The second-order valence-electron chi connectivity index (χ2n) is 22.4. The van der Waals surface area contributed by atoms with Crippen molar-refractivity contribution in [2.75, 3.05) is 39.6 Å². The highest BCUT2D eigenvalue weighted by molar-refractivity contribution is 5.76. The Morgan fingerprint density at radius 1 is 0.461 bits per heavy atom. The Morgan fingerprint density at radius 2 is 0.910 bits per heavy atom. The van der Waals surface area contributed by atoms with Gasteiger partial charge in [0.05, 0.1) is 57.9 Å². The molecule has 0 bridgehead atoms. The number of carbonyl (C=O) groups is 3. The quantitative estimate of drug-likeness (QED) is 0.0452. The molecule has 7 heterocycles. The number of aliphatic hydroxyl groups is 21. The Kier molecular flexibility index (Phi) is 25.6. The Balaban J connectivity index is 1.32. The van der Waals surface area contributed by atoms with Gasteiger partial charge in [-0.25, -0.2) is 4.79 Å². The van der Waals surface area contributed by atoms with Gasteiger partial charge < -0.3 is 185 Å². The van der Waals surface area contributed by atoms with Crippen LogP contribution in [0.1, 0.15) is 27.2 Å². The molecule has 0 radical (unpaired) electrons. The SMILES string of the molecule is CC(=O)N[C@H]1[C@H](O[C@@H]2[C@H](O[C@]3(C(=O)O)C[C@H](O)[C@@H](NC(C)=O)[C@H]([C@H](O)[C@H](O)CO)O3)[C@@H](O)[C@H](O[C@H]3[C@H](O)[C@@H](O)[C@H](O)O[C@@H]3CO)O[C@@H]2CO)O[C@H](CO)[C@H](O)[C@@H]1O[C@@H]1O[C@H](CO)[C@H](O)[C@H](O[C@H]2O[C@H](CO)[C@H](O)[C@H](O)[C@H]2O)[C@H]1O[C@@H]1O[C@@H](C)[C@@H](O)[C@@H](O)[C@@H]1O. The van der Waals surface area contributed by atoms with Crippen LogP contribution in [-0.2, 0) is 76.0 Å². The van der Waals surface area contributed by atoms with Crippen molar-refractivity contribution in [3.63, 3.8) is 0 Å². The molecule has 0 aromatic heterocycles. The molecule has 0 saturated carbocycles. The third-order valence-corrected chi connectivity index (χ3v) is 16.3. The maximum Gasteiger partial charge on any atom is 0.364 e.